The predicted octanol–water partition coefficient (Wildman–Crippen LogP) is 4.05. The first-order valence-electron chi connectivity index (χ1n) is 9.70. The summed E-state index contributed by atoms with van der Waals surface area (Å²) >= 11 is 0. The molecule has 2 aromatic carbocycles. The third-order valence-electron chi connectivity index (χ3n) is 5.52. The van der Waals surface area contributed by atoms with Crippen LogP contribution in [0.3, 0.4) is 0 Å². The third kappa shape index (κ3) is 4.00. The Kier molecular flexibility index (Phi) is 5.14. The molecule has 0 radical (unpaired) electrons. The molecule has 27 heavy (non-hydrogen) atoms. The van der Waals surface area contributed by atoms with E-state index in [0.29, 0.717) is 13.0 Å². The molecule has 0 aliphatic carbocycles. The highest BCUT2D eigenvalue weighted by Crippen LogP contribution is 2.24. The van der Waals surface area contributed by atoms with Crippen LogP contribution in [0.15, 0.2) is 59.1 Å². The maximum Gasteiger partial charge on any atom is 0.222 e. The van der Waals surface area contributed by atoms with Gasteiger partial charge in [0, 0.05) is 37.2 Å². The molecular formula is C23H24N2O2. The van der Waals surface area contributed by atoms with Gasteiger partial charge in [-0.25, -0.2) is 0 Å². The summed E-state index contributed by atoms with van der Waals surface area (Å²) in [5.74, 6) is 0.201. The van der Waals surface area contributed by atoms with E-state index in [-0.39, 0.29) is 17.6 Å². The number of likely N-dealkylation sites (tertiary alicyclic amines) is 1. The molecule has 4 nitrogen and oxygen atoms in total. The number of nitrogens with zero attached hydrogens (tertiary/aromatic N) is 2. The monoisotopic (exact) mass is 360 g/mol. The zero-order valence-corrected chi connectivity index (χ0v) is 15.4. The van der Waals surface area contributed by atoms with Crippen molar-refractivity contribution in [2.75, 3.05) is 19.6 Å². The highest BCUT2D eigenvalue weighted by atomic mass is 16.2. The summed E-state index contributed by atoms with van der Waals surface area (Å²) in [6.07, 6.45) is 6.90. The molecule has 2 heterocycles. The second-order valence-electron chi connectivity index (χ2n) is 7.38. The highest BCUT2D eigenvalue weighted by molar-refractivity contribution is 6.01. The van der Waals surface area contributed by atoms with Crippen molar-refractivity contribution in [2.24, 2.45) is 10.9 Å². The molecule has 2 aliphatic rings. The van der Waals surface area contributed by atoms with Crippen LogP contribution in [0, 0.1) is 5.92 Å². The minimum Gasteiger partial charge on any atom is -0.342 e. The van der Waals surface area contributed by atoms with Crippen LogP contribution in [0.4, 0.5) is 0 Å². The Morgan fingerprint density at radius 1 is 1.11 bits per heavy atom. The Bertz CT molecular complexity index is 929. The number of Topliss-reactive ketones (excluding diaryl/α,β-unsaturated/α-hetero) is 1. The van der Waals surface area contributed by atoms with E-state index in [1.165, 1.54) is 0 Å². The van der Waals surface area contributed by atoms with Gasteiger partial charge in [-0.2, -0.15) is 0 Å². The Hall–Kier alpha value is -2.75. The van der Waals surface area contributed by atoms with Gasteiger partial charge < -0.3 is 4.90 Å². The quantitative estimate of drug-likeness (QED) is 0.755. The SMILES string of the molecule is O=C(c1ccc2ccccc2c1)[C@@H]1CCCN(C(=O)CCC2=CCN=C2)C1. The van der Waals surface area contributed by atoms with Crippen molar-refractivity contribution < 1.29 is 9.59 Å². The lowest BCUT2D eigenvalue weighted by Gasteiger charge is -2.32. The molecule has 1 saturated heterocycles. The normalized spacial score (nSPS) is 19.3. The molecule has 0 unspecified atom stereocenters. The van der Waals surface area contributed by atoms with Crippen molar-refractivity contribution in [2.45, 2.75) is 25.7 Å². The number of fused-ring (bicyclic) bond motifs is 1. The number of hydrogen-bond donors (Lipinski definition) is 0. The molecule has 1 atom stereocenters. The average molecular weight is 360 g/mol. The van der Waals surface area contributed by atoms with E-state index in [1.807, 2.05) is 47.5 Å². The van der Waals surface area contributed by atoms with Crippen molar-refractivity contribution in [3.63, 3.8) is 0 Å². The van der Waals surface area contributed by atoms with E-state index < -0.39 is 0 Å². The first-order valence-corrected chi connectivity index (χ1v) is 9.70. The van der Waals surface area contributed by atoms with Gasteiger partial charge in [0.15, 0.2) is 5.78 Å². The summed E-state index contributed by atoms with van der Waals surface area (Å²) in [7, 11) is 0. The third-order valence-corrected chi connectivity index (χ3v) is 5.52. The summed E-state index contributed by atoms with van der Waals surface area (Å²) < 4.78 is 0. The van der Waals surface area contributed by atoms with Crippen molar-refractivity contribution in [3.8, 4) is 0 Å². The van der Waals surface area contributed by atoms with Gasteiger partial charge in [-0.05, 0) is 41.7 Å². The Labute approximate surface area is 159 Å². The van der Waals surface area contributed by atoms with Gasteiger partial charge in [0.25, 0.3) is 0 Å². The smallest absolute Gasteiger partial charge is 0.222 e. The lowest BCUT2D eigenvalue weighted by Crippen LogP contribution is -2.42. The zero-order chi connectivity index (χ0) is 18.6. The number of hydrogen-bond acceptors (Lipinski definition) is 3. The van der Waals surface area contributed by atoms with Gasteiger partial charge in [0.1, 0.15) is 0 Å². The second-order valence-corrected chi connectivity index (χ2v) is 7.38. The molecule has 1 amide bonds. The number of carbonyl (C=O) groups excluding carboxylic acids is 2. The van der Waals surface area contributed by atoms with Crippen LogP contribution in [0.2, 0.25) is 0 Å². The van der Waals surface area contributed by atoms with Crippen molar-refractivity contribution in [1.82, 2.24) is 4.90 Å². The molecule has 4 heteroatoms. The molecule has 2 aromatic rings. The fourth-order valence-electron chi connectivity index (χ4n) is 3.96. The van der Waals surface area contributed by atoms with E-state index in [2.05, 4.69) is 17.1 Å². The molecule has 1 fully saturated rings. The van der Waals surface area contributed by atoms with Crippen molar-refractivity contribution >= 4 is 28.7 Å². The Morgan fingerprint density at radius 2 is 1.96 bits per heavy atom. The molecule has 2 aliphatic heterocycles. The lowest BCUT2D eigenvalue weighted by molar-refractivity contribution is -0.132. The van der Waals surface area contributed by atoms with Crippen LogP contribution >= 0.6 is 0 Å². The standard InChI is InChI=1S/C23H24N2O2/c26-22(10-7-17-11-12-24-15-17)25-13-3-6-21(16-25)23(27)20-9-8-18-4-1-2-5-19(18)14-20/h1-2,4-5,8-9,11,14-15,21H,3,6-7,10,12-13,16H2/t21-/m1/s1. The number of allylic oxidation sites excluding steroid dienone is 1. The highest BCUT2D eigenvalue weighted by Gasteiger charge is 2.29. The predicted molar refractivity (Wildman–Crippen MR) is 108 cm³/mol. The number of ketones is 1. The number of piperidine rings is 1. The zero-order valence-electron chi connectivity index (χ0n) is 15.4. The Balaban J connectivity index is 1.41. The number of amides is 1. The van der Waals surface area contributed by atoms with Gasteiger partial charge in [0.05, 0.1) is 6.54 Å². The van der Waals surface area contributed by atoms with E-state index >= 15 is 0 Å². The molecule has 0 bridgehead atoms. The van der Waals surface area contributed by atoms with Crippen LogP contribution in [0.25, 0.3) is 10.8 Å². The van der Waals surface area contributed by atoms with Gasteiger partial charge in [-0.15, -0.1) is 0 Å². The van der Waals surface area contributed by atoms with Gasteiger partial charge in [-0.1, -0.05) is 42.5 Å². The van der Waals surface area contributed by atoms with E-state index in [4.69, 9.17) is 0 Å². The molecular weight excluding hydrogens is 336 g/mol. The number of benzene rings is 2. The fourth-order valence-corrected chi connectivity index (χ4v) is 3.96. The summed E-state index contributed by atoms with van der Waals surface area (Å²) in [6, 6.07) is 14.0. The lowest BCUT2D eigenvalue weighted by atomic mass is 9.89. The van der Waals surface area contributed by atoms with Gasteiger partial charge >= 0.3 is 0 Å². The van der Waals surface area contributed by atoms with Crippen LogP contribution < -0.4 is 0 Å². The van der Waals surface area contributed by atoms with Crippen molar-refractivity contribution in [1.29, 1.82) is 0 Å². The summed E-state index contributed by atoms with van der Waals surface area (Å²) in [5.41, 5.74) is 1.89. The molecule has 138 valence electrons. The molecule has 0 N–H and O–H groups in total. The van der Waals surface area contributed by atoms with Crippen LogP contribution in [-0.4, -0.2) is 42.4 Å². The first kappa shape index (κ1) is 17.7. The maximum absolute atomic E-state index is 13.0. The summed E-state index contributed by atoms with van der Waals surface area (Å²) in [4.78, 5) is 31.6. The van der Waals surface area contributed by atoms with Crippen molar-refractivity contribution in [3.05, 3.63) is 59.7 Å². The van der Waals surface area contributed by atoms with Crippen LogP contribution in [0.5, 0.6) is 0 Å². The average Bonchev–Trinajstić information content (AvgIpc) is 3.25. The molecule has 0 saturated carbocycles. The summed E-state index contributed by atoms with van der Waals surface area (Å²) in [5, 5.41) is 2.22. The minimum absolute atomic E-state index is 0.101. The Morgan fingerprint density at radius 3 is 2.78 bits per heavy atom. The largest absolute Gasteiger partial charge is 0.342 e. The van der Waals surface area contributed by atoms with E-state index in [1.54, 1.807) is 0 Å². The topological polar surface area (TPSA) is 49.7 Å². The van der Waals surface area contributed by atoms with Crippen LogP contribution in [0.1, 0.15) is 36.0 Å². The minimum atomic E-state index is -0.101. The fraction of sp³-hybridized carbons (Fsp3) is 0.348. The van der Waals surface area contributed by atoms with Gasteiger partial charge in [0.2, 0.25) is 5.91 Å². The van der Waals surface area contributed by atoms with Gasteiger partial charge in [-0.3, -0.25) is 14.6 Å². The first-order chi connectivity index (χ1) is 13.2. The molecule has 0 spiro atoms. The number of aliphatic imine (C=N–C) groups is 1. The van der Waals surface area contributed by atoms with Crippen LogP contribution in [-0.2, 0) is 4.79 Å². The van der Waals surface area contributed by atoms with E-state index in [0.717, 1.165) is 54.3 Å². The van der Waals surface area contributed by atoms with E-state index in [9.17, 15) is 9.59 Å². The second kappa shape index (κ2) is 7.87. The number of rotatable bonds is 5. The molecule has 0 aromatic heterocycles. The molecule has 4 rings (SSSR count). The number of carbonyl (C=O) groups is 2. The maximum atomic E-state index is 13.0. The summed E-state index contributed by atoms with van der Waals surface area (Å²) in [6.45, 7) is 2.03.